The van der Waals surface area contributed by atoms with Crippen LogP contribution in [0.25, 0.3) is 10.9 Å². The van der Waals surface area contributed by atoms with Gasteiger partial charge >= 0.3 is 0 Å². The lowest BCUT2D eigenvalue weighted by molar-refractivity contribution is 0.0928. The first-order valence-corrected chi connectivity index (χ1v) is 8.49. The van der Waals surface area contributed by atoms with E-state index in [0.717, 1.165) is 36.3 Å². The molecule has 2 N–H and O–H groups in total. The summed E-state index contributed by atoms with van der Waals surface area (Å²) in [6.07, 6.45) is 2.41. The van der Waals surface area contributed by atoms with Gasteiger partial charge in [0.2, 0.25) is 5.56 Å². The number of pyridine rings is 1. The summed E-state index contributed by atoms with van der Waals surface area (Å²) in [7, 11) is 0. The SMILES string of the molecule is CCc1nnc2n1CC(NC(=O)c1cc(=O)[nH]c3ccccc13)CC2. The van der Waals surface area contributed by atoms with Crippen LogP contribution in [-0.4, -0.2) is 31.7 Å². The summed E-state index contributed by atoms with van der Waals surface area (Å²) in [6.45, 7) is 2.71. The average Bonchev–Trinajstić information content (AvgIpc) is 3.03. The Morgan fingerprint density at radius 3 is 3.04 bits per heavy atom. The maximum absolute atomic E-state index is 12.8. The Morgan fingerprint density at radius 1 is 1.36 bits per heavy atom. The molecule has 0 fully saturated rings. The number of amides is 1. The summed E-state index contributed by atoms with van der Waals surface area (Å²) >= 11 is 0. The standard InChI is InChI=1S/C18H19N5O2/c1-2-15-21-22-16-8-7-11(10-23(15)16)19-18(25)13-9-17(24)20-14-6-4-3-5-12(13)14/h3-6,9,11H,2,7-8,10H2,1H3,(H,19,25)(H,20,24). The van der Waals surface area contributed by atoms with Crippen LogP contribution in [0.4, 0.5) is 0 Å². The van der Waals surface area contributed by atoms with Gasteiger partial charge in [0.25, 0.3) is 5.91 Å². The Bertz CT molecular complexity index is 991. The second-order valence-electron chi connectivity index (χ2n) is 6.30. The predicted octanol–water partition coefficient (Wildman–Crippen LogP) is 1.43. The molecule has 1 aromatic carbocycles. The van der Waals surface area contributed by atoms with E-state index in [2.05, 4.69) is 25.1 Å². The minimum Gasteiger partial charge on any atom is -0.347 e. The number of aromatic nitrogens is 4. The Balaban J connectivity index is 1.60. The fraction of sp³-hybridized carbons (Fsp3) is 0.333. The van der Waals surface area contributed by atoms with Crippen molar-refractivity contribution < 1.29 is 4.79 Å². The molecule has 1 atom stereocenters. The lowest BCUT2D eigenvalue weighted by Gasteiger charge is -2.25. The van der Waals surface area contributed by atoms with Gasteiger partial charge in [-0.2, -0.15) is 0 Å². The Hall–Kier alpha value is -2.96. The molecule has 0 radical (unpaired) electrons. The first-order valence-electron chi connectivity index (χ1n) is 8.49. The molecule has 7 heteroatoms. The van der Waals surface area contributed by atoms with E-state index in [9.17, 15) is 9.59 Å². The van der Waals surface area contributed by atoms with Crippen molar-refractivity contribution in [3.8, 4) is 0 Å². The molecule has 1 aliphatic heterocycles. The van der Waals surface area contributed by atoms with Crippen LogP contribution in [0.5, 0.6) is 0 Å². The number of rotatable bonds is 3. The molecule has 128 valence electrons. The summed E-state index contributed by atoms with van der Waals surface area (Å²) in [6, 6.07) is 8.69. The second kappa shape index (κ2) is 6.16. The molecule has 0 aliphatic carbocycles. The van der Waals surface area contributed by atoms with Gasteiger partial charge in [-0.1, -0.05) is 25.1 Å². The van der Waals surface area contributed by atoms with Crippen molar-refractivity contribution in [2.45, 2.75) is 38.8 Å². The van der Waals surface area contributed by atoms with Gasteiger partial charge in [0.1, 0.15) is 11.6 Å². The number of benzene rings is 1. The number of nitrogens with zero attached hydrogens (tertiary/aromatic N) is 3. The summed E-state index contributed by atoms with van der Waals surface area (Å²) in [5.41, 5.74) is 0.796. The highest BCUT2D eigenvalue weighted by Gasteiger charge is 2.24. The van der Waals surface area contributed by atoms with Gasteiger partial charge in [0.05, 0.1) is 5.56 Å². The van der Waals surface area contributed by atoms with Crippen molar-refractivity contribution >= 4 is 16.8 Å². The van der Waals surface area contributed by atoms with Crippen molar-refractivity contribution in [1.82, 2.24) is 25.1 Å². The fourth-order valence-corrected chi connectivity index (χ4v) is 3.42. The first-order chi connectivity index (χ1) is 12.2. The number of fused-ring (bicyclic) bond motifs is 2. The number of para-hydroxylation sites is 1. The molecule has 25 heavy (non-hydrogen) atoms. The Morgan fingerprint density at radius 2 is 2.20 bits per heavy atom. The van der Waals surface area contributed by atoms with Gasteiger partial charge in [0, 0.05) is 42.4 Å². The zero-order valence-electron chi connectivity index (χ0n) is 14.0. The Kier molecular flexibility index (Phi) is 3.83. The summed E-state index contributed by atoms with van der Waals surface area (Å²) in [5, 5.41) is 12.2. The summed E-state index contributed by atoms with van der Waals surface area (Å²) in [4.78, 5) is 27.4. The molecule has 0 bridgehead atoms. The predicted molar refractivity (Wildman–Crippen MR) is 93.5 cm³/mol. The van der Waals surface area contributed by atoms with E-state index in [0.29, 0.717) is 17.6 Å². The largest absolute Gasteiger partial charge is 0.347 e. The third-order valence-electron chi connectivity index (χ3n) is 4.67. The van der Waals surface area contributed by atoms with Gasteiger partial charge < -0.3 is 14.9 Å². The minimum absolute atomic E-state index is 0.000602. The van der Waals surface area contributed by atoms with Crippen molar-refractivity contribution in [2.75, 3.05) is 0 Å². The molecule has 4 rings (SSSR count). The molecule has 1 amide bonds. The van der Waals surface area contributed by atoms with Crippen molar-refractivity contribution in [3.63, 3.8) is 0 Å². The number of aryl methyl sites for hydroxylation is 2. The molecule has 0 spiro atoms. The van der Waals surface area contributed by atoms with Gasteiger partial charge in [-0.25, -0.2) is 0 Å². The van der Waals surface area contributed by atoms with Crippen LogP contribution in [0.1, 0.15) is 35.4 Å². The van der Waals surface area contributed by atoms with Crippen LogP contribution in [0, 0.1) is 0 Å². The van der Waals surface area contributed by atoms with Gasteiger partial charge in [-0.3, -0.25) is 9.59 Å². The van der Waals surface area contributed by atoms with E-state index in [-0.39, 0.29) is 17.5 Å². The lowest BCUT2D eigenvalue weighted by atomic mass is 10.0. The molecule has 2 aromatic heterocycles. The van der Waals surface area contributed by atoms with Crippen LogP contribution in [0.2, 0.25) is 0 Å². The summed E-state index contributed by atoms with van der Waals surface area (Å²) in [5.74, 6) is 1.70. The molecular formula is C18H19N5O2. The molecule has 3 aromatic rings. The number of carbonyl (C=O) groups is 1. The molecule has 1 aliphatic rings. The highest BCUT2D eigenvalue weighted by Crippen LogP contribution is 2.18. The summed E-state index contributed by atoms with van der Waals surface area (Å²) < 4.78 is 2.09. The Labute approximate surface area is 144 Å². The number of carbonyl (C=O) groups excluding carboxylic acids is 1. The third-order valence-corrected chi connectivity index (χ3v) is 4.67. The van der Waals surface area contributed by atoms with Crippen molar-refractivity contribution in [2.24, 2.45) is 0 Å². The highest BCUT2D eigenvalue weighted by atomic mass is 16.2. The quantitative estimate of drug-likeness (QED) is 0.756. The van der Waals surface area contributed by atoms with Crippen LogP contribution in [-0.2, 0) is 19.4 Å². The molecular weight excluding hydrogens is 318 g/mol. The smallest absolute Gasteiger partial charge is 0.252 e. The number of nitrogens with one attached hydrogen (secondary N) is 2. The topological polar surface area (TPSA) is 92.7 Å². The van der Waals surface area contributed by atoms with Gasteiger partial charge in [-0.05, 0) is 12.5 Å². The maximum Gasteiger partial charge on any atom is 0.252 e. The first kappa shape index (κ1) is 15.6. The molecule has 0 saturated heterocycles. The lowest BCUT2D eigenvalue weighted by Crippen LogP contribution is -2.41. The van der Waals surface area contributed by atoms with E-state index < -0.39 is 0 Å². The zero-order valence-corrected chi connectivity index (χ0v) is 14.0. The maximum atomic E-state index is 12.8. The number of H-pyrrole nitrogens is 1. The monoisotopic (exact) mass is 337 g/mol. The molecule has 7 nitrogen and oxygen atoms in total. The number of aromatic amines is 1. The third kappa shape index (κ3) is 2.82. The second-order valence-corrected chi connectivity index (χ2v) is 6.30. The van der Waals surface area contributed by atoms with Crippen molar-refractivity contribution in [1.29, 1.82) is 0 Å². The number of hydrogen-bond donors (Lipinski definition) is 2. The number of hydrogen-bond acceptors (Lipinski definition) is 4. The average molecular weight is 337 g/mol. The molecule has 1 unspecified atom stereocenters. The minimum atomic E-state index is -0.276. The van der Waals surface area contributed by atoms with Crippen LogP contribution < -0.4 is 10.9 Å². The van der Waals surface area contributed by atoms with Crippen molar-refractivity contribution in [3.05, 3.63) is 57.9 Å². The normalized spacial score (nSPS) is 16.6. The fourth-order valence-electron chi connectivity index (χ4n) is 3.42. The van der Waals surface area contributed by atoms with E-state index in [1.54, 1.807) is 6.07 Å². The van der Waals surface area contributed by atoms with Crippen LogP contribution in [0.15, 0.2) is 35.1 Å². The molecule has 0 saturated carbocycles. The van der Waals surface area contributed by atoms with Crippen LogP contribution in [0.3, 0.4) is 0 Å². The van der Waals surface area contributed by atoms with E-state index in [1.807, 2.05) is 25.1 Å². The van der Waals surface area contributed by atoms with Gasteiger partial charge in [-0.15, -0.1) is 10.2 Å². The van der Waals surface area contributed by atoms with Crippen LogP contribution >= 0.6 is 0 Å². The van der Waals surface area contributed by atoms with E-state index in [4.69, 9.17) is 0 Å². The van der Waals surface area contributed by atoms with E-state index in [1.165, 1.54) is 6.07 Å². The zero-order chi connectivity index (χ0) is 17.4. The van der Waals surface area contributed by atoms with E-state index >= 15 is 0 Å². The van der Waals surface area contributed by atoms with Gasteiger partial charge in [0.15, 0.2) is 0 Å². The molecule has 3 heterocycles. The highest BCUT2D eigenvalue weighted by molar-refractivity contribution is 6.06.